The van der Waals surface area contributed by atoms with Gasteiger partial charge in [0.2, 0.25) is 0 Å². The topological polar surface area (TPSA) is 16.3 Å². The maximum absolute atomic E-state index is 2.46. The molecule has 462 valence electrons. The molecule has 4 nitrogen and oxygen atoms in total. The first-order valence-corrected chi connectivity index (χ1v) is 33.5. The zero-order valence-electron chi connectivity index (χ0n) is 53.9. The van der Waals surface area contributed by atoms with Gasteiger partial charge < -0.3 is 18.9 Å². The first-order chi connectivity index (χ1) is 48.6. The second kappa shape index (κ2) is 26.1. The molecule has 0 aliphatic carbocycles. The first-order valence-electron chi connectivity index (χ1n) is 33.5. The van der Waals surface area contributed by atoms with Crippen molar-refractivity contribution in [3.05, 3.63) is 400 Å². The highest BCUT2D eigenvalue weighted by Crippen LogP contribution is 2.44. The molecule has 0 aliphatic rings. The molecule has 0 spiro atoms. The highest BCUT2D eigenvalue weighted by molar-refractivity contribution is 6.03. The summed E-state index contributed by atoms with van der Waals surface area (Å²) < 4.78 is 4.93. The van der Waals surface area contributed by atoms with Gasteiger partial charge >= 0.3 is 0 Å². The van der Waals surface area contributed by atoms with E-state index in [0.717, 1.165) is 101 Å². The number of benzene rings is 15. The van der Waals surface area contributed by atoms with E-state index in [-0.39, 0.29) is 0 Å². The molecule has 98 heavy (non-hydrogen) atoms. The number of fused-ring (bicyclic) bond motifs is 2. The molecule has 0 N–H and O–H groups in total. The SMILES string of the molecule is c1ccc(-c2ccc(N(c3ccc(-c4ccccc4)cc3)c3ccc(-n4c(-c5cccc(-c6ccccc6)c5)cc5cc6c(cc(-c7cccc(-c8ccccc8)c7)n6-c6ccc(N(c7ccc(-c8ccccc8)cc7)c7ccc(-c8ccccc8)cc7)cc6)cc54)cc3)cc2)cc1. The van der Waals surface area contributed by atoms with E-state index < -0.39 is 0 Å². The normalized spacial score (nSPS) is 11.3. The molecule has 2 heterocycles. The lowest BCUT2D eigenvalue weighted by Crippen LogP contribution is -2.10. The molecule has 0 bridgehead atoms. The van der Waals surface area contributed by atoms with Crippen LogP contribution in [0.5, 0.6) is 0 Å². The summed E-state index contributed by atoms with van der Waals surface area (Å²) >= 11 is 0. The summed E-state index contributed by atoms with van der Waals surface area (Å²) in [5, 5.41) is 2.26. The second-order valence-corrected chi connectivity index (χ2v) is 24.9. The van der Waals surface area contributed by atoms with Crippen molar-refractivity contribution in [3.8, 4) is 101 Å². The summed E-state index contributed by atoms with van der Waals surface area (Å²) in [6, 6.07) is 145. The van der Waals surface area contributed by atoms with E-state index in [9.17, 15) is 0 Å². The van der Waals surface area contributed by atoms with Crippen molar-refractivity contribution in [2.45, 2.75) is 0 Å². The Bertz CT molecular complexity index is 5060. The van der Waals surface area contributed by atoms with Crippen LogP contribution in [0.15, 0.2) is 400 Å². The Kier molecular flexibility index (Phi) is 15.6. The van der Waals surface area contributed by atoms with Crippen LogP contribution in [0.4, 0.5) is 34.1 Å². The van der Waals surface area contributed by atoms with Gasteiger partial charge in [0.15, 0.2) is 0 Å². The van der Waals surface area contributed by atoms with Crippen LogP contribution in [0.1, 0.15) is 0 Å². The van der Waals surface area contributed by atoms with Crippen LogP contribution in [-0.4, -0.2) is 9.13 Å². The molecular weight excluding hydrogens is 1190 g/mol. The molecule has 0 saturated heterocycles. The Hall–Kier alpha value is -13.0. The number of rotatable bonds is 16. The third kappa shape index (κ3) is 11.6. The highest BCUT2D eigenvalue weighted by atomic mass is 15.1. The van der Waals surface area contributed by atoms with Crippen molar-refractivity contribution in [2.24, 2.45) is 0 Å². The van der Waals surface area contributed by atoms with Crippen molar-refractivity contribution >= 4 is 55.9 Å². The van der Waals surface area contributed by atoms with E-state index in [4.69, 9.17) is 0 Å². The van der Waals surface area contributed by atoms with Crippen LogP contribution in [0.2, 0.25) is 0 Å². The molecule has 4 heteroatoms. The second-order valence-electron chi connectivity index (χ2n) is 24.9. The summed E-state index contributed by atoms with van der Waals surface area (Å²) in [5.74, 6) is 0. The monoisotopic (exact) mass is 1250 g/mol. The van der Waals surface area contributed by atoms with Gasteiger partial charge in [0, 0.05) is 56.3 Å². The van der Waals surface area contributed by atoms with Crippen molar-refractivity contribution in [3.63, 3.8) is 0 Å². The Morgan fingerprint density at radius 3 is 0.612 bits per heavy atom. The van der Waals surface area contributed by atoms with Crippen molar-refractivity contribution in [2.75, 3.05) is 9.80 Å². The molecule has 17 rings (SSSR count). The molecule has 0 fully saturated rings. The predicted molar refractivity (Wildman–Crippen MR) is 413 cm³/mol. The van der Waals surface area contributed by atoms with Crippen LogP contribution >= 0.6 is 0 Å². The zero-order chi connectivity index (χ0) is 65.1. The van der Waals surface area contributed by atoms with Crippen LogP contribution in [0.3, 0.4) is 0 Å². The number of hydrogen-bond acceptors (Lipinski definition) is 2. The zero-order valence-corrected chi connectivity index (χ0v) is 53.9. The summed E-state index contributed by atoms with van der Waals surface area (Å²) in [5.41, 5.74) is 29.3. The fraction of sp³-hybridized carbons (Fsp3) is 0. The minimum Gasteiger partial charge on any atom is -0.311 e. The van der Waals surface area contributed by atoms with Gasteiger partial charge in [-0.1, -0.05) is 267 Å². The Morgan fingerprint density at radius 2 is 0.357 bits per heavy atom. The average Bonchev–Trinajstić information content (AvgIpc) is 1.57. The van der Waals surface area contributed by atoms with Gasteiger partial charge in [-0.3, -0.25) is 0 Å². The van der Waals surface area contributed by atoms with Crippen molar-refractivity contribution in [1.29, 1.82) is 0 Å². The minimum absolute atomic E-state index is 1.05. The number of hydrogen-bond donors (Lipinski definition) is 0. The maximum Gasteiger partial charge on any atom is 0.0542 e. The minimum atomic E-state index is 1.05. The standard InChI is InChI=1S/C94H66N4/c1-7-21-67(22-8-1)73-37-45-83(46-38-73)95(84-47-39-74(40-48-84)68-23-9-2-10-24-68)87-53-57-89(58-54-87)97-91(79-35-19-33-77(61-79)71-29-15-5-16-30-71)63-81-66-94-82(65-93(81)97)64-92(80-36-20-34-78(62-80)72-31-17-6-18-32-72)98(94)90-59-55-88(56-60-90)96(85-49-41-75(42-50-85)69-25-11-3-12-26-69)86-51-43-76(44-52-86)70-27-13-4-14-28-70/h1-66H. The van der Waals surface area contributed by atoms with Gasteiger partial charge in [0.05, 0.1) is 22.4 Å². The molecule has 0 saturated carbocycles. The van der Waals surface area contributed by atoms with Gasteiger partial charge in [-0.2, -0.15) is 0 Å². The first kappa shape index (κ1) is 58.8. The van der Waals surface area contributed by atoms with Crippen LogP contribution in [0, 0.1) is 0 Å². The van der Waals surface area contributed by atoms with E-state index in [1.165, 1.54) is 55.6 Å². The summed E-state index contributed by atoms with van der Waals surface area (Å²) in [7, 11) is 0. The van der Waals surface area contributed by atoms with Gasteiger partial charge in [-0.25, -0.2) is 0 Å². The molecule has 0 amide bonds. The van der Waals surface area contributed by atoms with E-state index in [1.807, 2.05) is 0 Å². The lowest BCUT2D eigenvalue weighted by Gasteiger charge is -2.26. The van der Waals surface area contributed by atoms with E-state index in [0.29, 0.717) is 0 Å². The molecule has 0 atom stereocenters. The molecule has 0 unspecified atom stereocenters. The summed E-state index contributed by atoms with van der Waals surface area (Å²) in [6.45, 7) is 0. The molecule has 0 aliphatic heterocycles. The fourth-order valence-corrected chi connectivity index (χ4v) is 14.0. The molecule has 17 aromatic rings. The van der Waals surface area contributed by atoms with Gasteiger partial charge in [-0.05, 0) is 211 Å². The average molecular weight is 1250 g/mol. The molecule has 0 radical (unpaired) electrons. The number of nitrogens with zero attached hydrogens (tertiary/aromatic N) is 4. The van der Waals surface area contributed by atoms with Crippen molar-refractivity contribution < 1.29 is 0 Å². The van der Waals surface area contributed by atoms with Crippen LogP contribution in [-0.2, 0) is 0 Å². The quantitative estimate of drug-likeness (QED) is 0.0959. The Labute approximate surface area is 572 Å². The van der Waals surface area contributed by atoms with Crippen molar-refractivity contribution in [1.82, 2.24) is 9.13 Å². The summed E-state index contributed by atoms with van der Waals surface area (Å²) in [6.07, 6.45) is 0. The van der Waals surface area contributed by atoms with Gasteiger partial charge in [-0.15, -0.1) is 0 Å². The van der Waals surface area contributed by atoms with E-state index >= 15 is 0 Å². The van der Waals surface area contributed by atoms with E-state index in [2.05, 4.69) is 419 Å². The molecule has 15 aromatic carbocycles. The highest BCUT2D eigenvalue weighted by Gasteiger charge is 2.22. The smallest absolute Gasteiger partial charge is 0.0542 e. The number of aromatic nitrogens is 2. The van der Waals surface area contributed by atoms with Gasteiger partial charge in [0.1, 0.15) is 0 Å². The summed E-state index contributed by atoms with van der Waals surface area (Å²) in [4.78, 5) is 4.73. The van der Waals surface area contributed by atoms with Gasteiger partial charge in [0.25, 0.3) is 0 Å². The molecule has 2 aromatic heterocycles. The lowest BCUT2D eigenvalue weighted by atomic mass is 10.0. The fourth-order valence-electron chi connectivity index (χ4n) is 14.0. The third-order valence-corrected chi connectivity index (χ3v) is 18.9. The number of anilines is 6. The lowest BCUT2D eigenvalue weighted by molar-refractivity contribution is 1.13. The van der Waals surface area contributed by atoms with Crippen LogP contribution in [0.25, 0.3) is 122 Å². The van der Waals surface area contributed by atoms with E-state index in [1.54, 1.807) is 0 Å². The Morgan fingerprint density at radius 1 is 0.153 bits per heavy atom. The Balaban J connectivity index is 0.815. The maximum atomic E-state index is 2.46. The predicted octanol–water partition coefficient (Wildman–Crippen LogP) is 25.9. The largest absolute Gasteiger partial charge is 0.311 e. The molecular formula is C94H66N4. The van der Waals surface area contributed by atoms with Crippen LogP contribution < -0.4 is 9.80 Å². The third-order valence-electron chi connectivity index (χ3n) is 18.9.